The van der Waals surface area contributed by atoms with E-state index in [0.29, 0.717) is 34.3 Å². The van der Waals surface area contributed by atoms with Gasteiger partial charge in [0, 0.05) is 23.0 Å². The topological polar surface area (TPSA) is 55.4 Å². The van der Waals surface area contributed by atoms with Gasteiger partial charge >= 0.3 is 0 Å². The van der Waals surface area contributed by atoms with Gasteiger partial charge in [-0.15, -0.1) is 0 Å². The smallest absolute Gasteiger partial charge is 0.258 e. The summed E-state index contributed by atoms with van der Waals surface area (Å²) in [6.07, 6.45) is 0.329. The summed E-state index contributed by atoms with van der Waals surface area (Å²) in [5, 5.41) is 3.76. The fourth-order valence-electron chi connectivity index (χ4n) is 2.07. The van der Waals surface area contributed by atoms with Crippen molar-refractivity contribution in [2.75, 3.05) is 6.61 Å². The quantitative estimate of drug-likeness (QED) is 0.744. The van der Waals surface area contributed by atoms with E-state index in [0.717, 1.165) is 5.56 Å². The van der Waals surface area contributed by atoms with Crippen LogP contribution in [0.3, 0.4) is 0 Å². The van der Waals surface area contributed by atoms with E-state index in [1.165, 1.54) is 0 Å². The highest BCUT2D eigenvalue weighted by Gasteiger charge is 2.13. The monoisotopic (exact) mass is 365 g/mol. The molecule has 0 heterocycles. The normalized spacial score (nSPS) is 10.3. The van der Waals surface area contributed by atoms with Gasteiger partial charge in [0.05, 0.1) is 5.56 Å². The minimum Gasteiger partial charge on any atom is -0.483 e. The molecule has 0 aromatic heterocycles. The highest BCUT2D eigenvalue weighted by molar-refractivity contribution is 6.31. The van der Waals surface area contributed by atoms with Gasteiger partial charge in [-0.3, -0.25) is 9.59 Å². The third kappa shape index (κ3) is 4.98. The molecule has 4 nitrogen and oxygen atoms in total. The van der Waals surface area contributed by atoms with E-state index in [2.05, 4.69) is 5.32 Å². The summed E-state index contributed by atoms with van der Waals surface area (Å²) in [6, 6.07) is 12.0. The Kier molecular flexibility index (Phi) is 6.64. The maximum Gasteiger partial charge on any atom is 0.258 e. The predicted molar refractivity (Wildman–Crippen MR) is 94.9 cm³/mol. The number of ketones is 1. The average molecular weight is 366 g/mol. The van der Waals surface area contributed by atoms with Crippen molar-refractivity contribution in [3.8, 4) is 5.75 Å². The number of carbonyl (C=O) groups excluding carboxylic acids is 2. The Morgan fingerprint density at radius 3 is 2.58 bits per heavy atom. The summed E-state index contributed by atoms with van der Waals surface area (Å²) >= 11 is 11.9. The molecule has 0 radical (unpaired) electrons. The molecule has 0 aliphatic carbocycles. The highest BCUT2D eigenvalue weighted by Crippen LogP contribution is 2.24. The molecule has 0 aliphatic heterocycles. The lowest BCUT2D eigenvalue weighted by Crippen LogP contribution is -2.28. The molecule has 0 bridgehead atoms. The third-order valence-corrected chi connectivity index (χ3v) is 3.96. The van der Waals surface area contributed by atoms with Gasteiger partial charge in [0.25, 0.3) is 5.91 Å². The number of benzene rings is 2. The molecule has 1 amide bonds. The number of nitrogens with one attached hydrogen (secondary N) is 1. The third-order valence-electron chi connectivity index (χ3n) is 3.36. The Labute approximate surface area is 150 Å². The SMILES string of the molecule is CCC(=O)c1cc(Cl)ccc1OCC(=O)NCc1ccccc1Cl. The van der Waals surface area contributed by atoms with Crippen LogP contribution in [0.1, 0.15) is 29.3 Å². The van der Waals surface area contributed by atoms with E-state index in [-0.39, 0.29) is 18.3 Å². The fourth-order valence-corrected chi connectivity index (χ4v) is 2.44. The van der Waals surface area contributed by atoms with Crippen LogP contribution in [-0.4, -0.2) is 18.3 Å². The molecule has 0 fully saturated rings. The van der Waals surface area contributed by atoms with Gasteiger partial charge < -0.3 is 10.1 Å². The van der Waals surface area contributed by atoms with E-state index < -0.39 is 0 Å². The highest BCUT2D eigenvalue weighted by atomic mass is 35.5. The summed E-state index contributed by atoms with van der Waals surface area (Å²) in [4.78, 5) is 23.9. The van der Waals surface area contributed by atoms with Crippen molar-refractivity contribution >= 4 is 34.9 Å². The number of hydrogen-bond acceptors (Lipinski definition) is 3. The fraction of sp³-hybridized carbons (Fsp3) is 0.222. The van der Waals surface area contributed by atoms with Gasteiger partial charge in [-0.05, 0) is 29.8 Å². The standard InChI is InChI=1S/C18H17Cl2NO3/c1-2-16(22)14-9-13(19)7-8-17(14)24-11-18(23)21-10-12-5-3-4-6-15(12)20/h3-9H,2,10-11H2,1H3,(H,21,23). The molecule has 1 N–H and O–H groups in total. The Hall–Kier alpha value is -2.04. The Morgan fingerprint density at radius 1 is 1.12 bits per heavy atom. The number of ether oxygens (including phenoxy) is 1. The molecule has 6 heteroatoms. The second-order valence-corrected chi connectivity index (χ2v) is 5.92. The minimum atomic E-state index is -0.306. The van der Waals surface area contributed by atoms with E-state index in [4.69, 9.17) is 27.9 Å². The van der Waals surface area contributed by atoms with Crippen molar-refractivity contribution in [1.29, 1.82) is 0 Å². The zero-order chi connectivity index (χ0) is 17.5. The van der Waals surface area contributed by atoms with Crippen LogP contribution in [-0.2, 0) is 11.3 Å². The Morgan fingerprint density at radius 2 is 1.88 bits per heavy atom. The van der Waals surface area contributed by atoms with Crippen LogP contribution in [0.2, 0.25) is 10.0 Å². The molecule has 0 unspecified atom stereocenters. The predicted octanol–water partition coefficient (Wildman–Crippen LogP) is 4.28. The lowest BCUT2D eigenvalue weighted by molar-refractivity contribution is -0.123. The molecule has 2 aromatic rings. The lowest BCUT2D eigenvalue weighted by Gasteiger charge is -2.11. The van der Waals surface area contributed by atoms with Crippen LogP contribution < -0.4 is 10.1 Å². The van der Waals surface area contributed by atoms with E-state index in [1.54, 1.807) is 31.2 Å². The second kappa shape index (κ2) is 8.71. The number of carbonyl (C=O) groups is 2. The Bertz CT molecular complexity index is 747. The molecular weight excluding hydrogens is 349 g/mol. The molecule has 0 atom stereocenters. The van der Waals surface area contributed by atoms with Crippen molar-refractivity contribution < 1.29 is 14.3 Å². The first-order chi connectivity index (χ1) is 11.5. The molecule has 0 saturated heterocycles. The van der Waals surface area contributed by atoms with Crippen LogP contribution >= 0.6 is 23.2 Å². The molecular formula is C18H17Cl2NO3. The van der Waals surface area contributed by atoms with Crippen LogP contribution in [0.25, 0.3) is 0 Å². The average Bonchev–Trinajstić information content (AvgIpc) is 2.59. The second-order valence-electron chi connectivity index (χ2n) is 5.07. The first kappa shape index (κ1) is 18.3. The van der Waals surface area contributed by atoms with Crippen molar-refractivity contribution in [2.24, 2.45) is 0 Å². The minimum absolute atomic E-state index is 0.0935. The van der Waals surface area contributed by atoms with Crippen LogP contribution in [0.15, 0.2) is 42.5 Å². The summed E-state index contributed by atoms with van der Waals surface area (Å²) in [5.41, 5.74) is 1.20. The first-order valence-electron chi connectivity index (χ1n) is 7.47. The van der Waals surface area contributed by atoms with Crippen molar-refractivity contribution in [3.63, 3.8) is 0 Å². The van der Waals surface area contributed by atoms with Gasteiger partial charge in [0.2, 0.25) is 0 Å². The summed E-state index contributed by atoms with van der Waals surface area (Å²) in [5.74, 6) is -0.0529. The molecule has 24 heavy (non-hydrogen) atoms. The van der Waals surface area contributed by atoms with Crippen molar-refractivity contribution in [1.82, 2.24) is 5.32 Å². The van der Waals surface area contributed by atoms with Crippen molar-refractivity contribution in [2.45, 2.75) is 19.9 Å². The first-order valence-corrected chi connectivity index (χ1v) is 8.22. The van der Waals surface area contributed by atoms with Gasteiger partial charge in [-0.2, -0.15) is 0 Å². The number of amides is 1. The van der Waals surface area contributed by atoms with Crippen molar-refractivity contribution in [3.05, 3.63) is 63.6 Å². The maximum absolute atomic E-state index is 11.9. The van der Waals surface area contributed by atoms with Gasteiger partial charge in [-0.25, -0.2) is 0 Å². The zero-order valence-electron chi connectivity index (χ0n) is 13.1. The molecule has 2 rings (SSSR count). The van der Waals surface area contributed by atoms with E-state index in [9.17, 15) is 9.59 Å². The molecule has 126 valence electrons. The number of hydrogen-bond donors (Lipinski definition) is 1. The zero-order valence-corrected chi connectivity index (χ0v) is 14.7. The summed E-state index contributed by atoms with van der Waals surface area (Å²) < 4.78 is 5.47. The molecule has 0 saturated carbocycles. The summed E-state index contributed by atoms with van der Waals surface area (Å²) in [7, 11) is 0. The molecule has 0 aliphatic rings. The molecule has 0 spiro atoms. The lowest BCUT2D eigenvalue weighted by atomic mass is 10.1. The number of halogens is 2. The van der Waals surface area contributed by atoms with Crippen LogP contribution in [0, 0.1) is 0 Å². The maximum atomic E-state index is 11.9. The van der Waals surface area contributed by atoms with Crippen LogP contribution in [0.5, 0.6) is 5.75 Å². The van der Waals surface area contributed by atoms with Gasteiger partial charge in [-0.1, -0.05) is 48.3 Å². The number of Topliss-reactive ketones (excluding diaryl/α,β-unsaturated/α-hetero) is 1. The summed E-state index contributed by atoms with van der Waals surface area (Å²) in [6.45, 7) is 1.86. The number of rotatable bonds is 7. The Balaban J connectivity index is 1.94. The molecule has 2 aromatic carbocycles. The van der Waals surface area contributed by atoms with Gasteiger partial charge in [0.15, 0.2) is 12.4 Å². The van der Waals surface area contributed by atoms with E-state index >= 15 is 0 Å². The largest absolute Gasteiger partial charge is 0.483 e. The van der Waals surface area contributed by atoms with E-state index in [1.807, 2.05) is 18.2 Å². The van der Waals surface area contributed by atoms with Crippen LogP contribution in [0.4, 0.5) is 0 Å². The van der Waals surface area contributed by atoms with Gasteiger partial charge in [0.1, 0.15) is 5.75 Å².